The molecule has 3 rings (SSSR count). The van der Waals surface area contributed by atoms with E-state index >= 15 is 0 Å². The molecule has 3 heterocycles. The lowest BCUT2D eigenvalue weighted by Crippen LogP contribution is -2.42. The van der Waals surface area contributed by atoms with Gasteiger partial charge in [0.25, 0.3) is 15.9 Å². The van der Waals surface area contributed by atoms with Gasteiger partial charge in [0.15, 0.2) is 5.03 Å². The number of alkyl halides is 3. The van der Waals surface area contributed by atoms with Crippen molar-refractivity contribution in [1.29, 1.82) is 0 Å². The molecule has 170 valence electrons. The molecule has 0 spiro atoms. The smallest absolute Gasteiger partial charge is 0.384 e. The molecule has 0 bridgehead atoms. The Hall–Kier alpha value is -3.41. The fourth-order valence-electron chi connectivity index (χ4n) is 3.18. The lowest BCUT2D eigenvalue weighted by molar-refractivity contribution is -0.137. The SMILES string of the molecule is CC1=CC(C)(C)N(c2ncc(C(F)(F)F)cc2C(=O)NS(=O)(=O)c2cccc(N)n2)C=C1. The highest BCUT2D eigenvalue weighted by molar-refractivity contribution is 7.90. The van der Waals surface area contributed by atoms with E-state index < -0.39 is 43.8 Å². The number of allylic oxidation sites excluding steroid dienone is 2. The third-order valence-electron chi connectivity index (χ3n) is 4.60. The molecule has 0 unspecified atom stereocenters. The molecule has 0 aliphatic carbocycles. The number of sulfonamides is 1. The highest BCUT2D eigenvalue weighted by atomic mass is 32.2. The molecule has 32 heavy (non-hydrogen) atoms. The number of nitrogens with two attached hydrogens (primary N) is 1. The normalized spacial score (nSPS) is 15.9. The number of carbonyl (C=O) groups is 1. The standard InChI is InChI=1S/C20H20F3N5O3S/c1-12-7-8-28(19(2,3)10-12)17-14(9-13(11-25-17)20(21,22)23)18(29)27-32(30,31)16-6-4-5-15(24)26-16/h4-11H,1-3H3,(H2,24,26)(H,27,29). The van der Waals surface area contributed by atoms with Crippen molar-refractivity contribution >= 4 is 27.6 Å². The number of nitrogens with zero attached hydrogens (tertiary/aromatic N) is 3. The summed E-state index contributed by atoms with van der Waals surface area (Å²) in [6.45, 7) is 5.39. The van der Waals surface area contributed by atoms with Gasteiger partial charge in [-0.3, -0.25) is 4.79 Å². The summed E-state index contributed by atoms with van der Waals surface area (Å²) >= 11 is 0. The third-order valence-corrected chi connectivity index (χ3v) is 5.83. The zero-order valence-corrected chi connectivity index (χ0v) is 18.1. The van der Waals surface area contributed by atoms with Crippen LogP contribution in [-0.4, -0.2) is 29.8 Å². The first-order valence-electron chi connectivity index (χ1n) is 9.25. The van der Waals surface area contributed by atoms with Gasteiger partial charge < -0.3 is 10.6 Å². The van der Waals surface area contributed by atoms with E-state index in [1.54, 1.807) is 30.8 Å². The van der Waals surface area contributed by atoms with Crippen LogP contribution in [0.4, 0.5) is 24.8 Å². The van der Waals surface area contributed by atoms with Gasteiger partial charge >= 0.3 is 6.18 Å². The molecule has 1 aliphatic heterocycles. The van der Waals surface area contributed by atoms with Crippen LogP contribution in [0.2, 0.25) is 0 Å². The molecule has 0 saturated heterocycles. The fraction of sp³-hybridized carbons (Fsp3) is 0.250. The number of aromatic nitrogens is 2. The number of amides is 1. The van der Waals surface area contributed by atoms with E-state index in [0.29, 0.717) is 12.3 Å². The van der Waals surface area contributed by atoms with Crippen molar-refractivity contribution in [3.63, 3.8) is 0 Å². The van der Waals surface area contributed by atoms with Gasteiger partial charge in [-0.15, -0.1) is 0 Å². The van der Waals surface area contributed by atoms with E-state index in [9.17, 15) is 26.4 Å². The minimum Gasteiger partial charge on any atom is -0.384 e. The summed E-state index contributed by atoms with van der Waals surface area (Å²) in [5.41, 5.74) is 3.86. The quantitative estimate of drug-likeness (QED) is 0.709. The second-order valence-corrected chi connectivity index (χ2v) is 9.29. The summed E-state index contributed by atoms with van der Waals surface area (Å²) < 4.78 is 66.8. The van der Waals surface area contributed by atoms with Crippen LogP contribution in [0.15, 0.2) is 59.4 Å². The number of carbonyl (C=O) groups excluding carboxylic acids is 1. The Labute approximate surface area is 182 Å². The molecule has 0 atom stereocenters. The molecule has 0 fully saturated rings. The second kappa shape index (κ2) is 7.93. The predicted octanol–water partition coefficient (Wildman–Crippen LogP) is 3.25. The summed E-state index contributed by atoms with van der Waals surface area (Å²) in [5, 5.41) is -0.552. The Morgan fingerprint density at radius 2 is 1.94 bits per heavy atom. The first kappa shape index (κ1) is 23.3. The van der Waals surface area contributed by atoms with E-state index in [1.807, 2.05) is 13.0 Å². The topological polar surface area (TPSA) is 118 Å². The molecule has 3 N–H and O–H groups in total. The average Bonchev–Trinajstić information content (AvgIpc) is 2.66. The fourth-order valence-corrected chi connectivity index (χ4v) is 4.13. The molecule has 12 heteroatoms. The lowest BCUT2D eigenvalue weighted by atomic mass is 9.95. The maximum Gasteiger partial charge on any atom is 0.417 e. The van der Waals surface area contributed by atoms with Gasteiger partial charge in [-0.05, 0) is 45.0 Å². The Balaban J connectivity index is 2.09. The van der Waals surface area contributed by atoms with E-state index in [-0.39, 0.29) is 11.6 Å². The van der Waals surface area contributed by atoms with Crippen molar-refractivity contribution < 1.29 is 26.4 Å². The number of pyridine rings is 2. The third kappa shape index (κ3) is 4.74. The van der Waals surface area contributed by atoms with Crippen molar-refractivity contribution in [2.45, 2.75) is 37.5 Å². The minimum absolute atomic E-state index is 0.107. The number of halogens is 3. The maximum atomic E-state index is 13.3. The van der Waals surface area contributed by atoms with Gasteiger partial charge in [-0.25, -0.2) is 14.7 Å². The summed E-state index contributed by atoms with van der Waals surface area (Å²) in [7, 11) is -4.51. The van der Waals surface area contributed by atoms with Gasteiger partial charge in [0, 0.05) is 12.4 Å². The number of anilines is 2. The predicted molar refractivity (Wildman–Crippen MR) is 112 cm³/mol. The van der Waals surface area contributed by atoms with E-state index in [4.69, 9.17) is 5.73 Å². The van der Waals surface area contributed by atoms with Gasteiger partial charge in [0.1, 0.15) is 11.6 Å². The molecule has 2 aromatic heterocycles. The van der Waals surface area contributed by atoms with Gasteiger partial charge in [-0.1, -0.05) is 17.7 Å². The van der Waals surface area contributed by atoms with Crippen LogP contribution in [0, 0.1) is 0 Å². The van der Waals surface area contributed by atoms with Crippen LogP contribution in [0.25, 0.3) is 0 Å². The summed E-state index contributed by atoms with van der Waals surface area (Å²) in [6, 6.07) is 4.32. The maximum absolute atomic E-state index is 13.3. The molecule has 0 saturated carbocycles. The second-order valence-electron chi connectivity index (χ2n) is 7.66. The zero-order valence-electron chi connectivity index (χ0n) is 17.3. The van der Waals surface area contributed by atoms with Crippen molar-refractivity contribution in [3.05, 3.63) is 65.5 Å². The van der Waals surface area contributed by atoms with Crippen molar-refractivity contribution in [3.8, 4) is 0 Å². The molecule has 8 nitrogen and oxygen atoms in total. The Morgan fingerprint density at radius 3 is 2.53 bits per heavy atom. The van der Waals surface area contributed by atoms with E-state index in [1.165, 1.54) is 17.0 Å². The number of hydrogen-bond acceptors (Lipinski definition) is 7. The monoisotopic (exact) mass is 467 g/mol. The van der Waals surface area contributed by atoms with Crippen LogP contribution in [-0.2, 0) is 16.2 Å². The van der Waals surface area contributed by atoms with Crippen LogP contribution < -0.4 is 15.4 Å². The van der Waals surface area contributed by atoms with Gasteiger partial charge in [0.2, 0.25) is 0 Å². The van der Waals surface area contributed by atoms with Crippen molar-refractivity contribution in [2.24, 2.45) is 0 Å². The largest absolute Gasteiger partial charge is 0.417 e. The Morgan fingerprint density at radius 1 is 1.25 bits per heavy atom. The van der Waals surface area contributed by atoms with Crippen molar-refractivity contribution in [1.82, 2.24) is 14.7 Å². The number of hydrogen-bond donors (Lipinski definition) is 2. The zero-order chi connectivity index (χ0) is 23.9. The molecule has 0 radical (unpaired) electrons. The number of nitrogens with one attached hydrogen (secondary N) is 1. The van der Waals surface area contributed by atoms with Crippen LogP contribution in [0.5, 0.6) is 0 Å². The lowest BCUT2D eigenvalue weighted by Gasteiger charge is -2.38. The molecular weight excluding hydrogens is 447 g/mol. The van der Waals surface area contributed by atoms with Gasteiger partial charge in [-0.2, -0.15) is 21.6 Å². The van der Waals surface area contributed by atoms with Crippen LogP contribution in [0.3, 0.4) is 0 Å². The Bertz CT molecular complexity index is 1240. The first-order chi connectivity index (χ1) is 14.7. The highest BCUT2D eigenvalue weighted by Gasteiger charge is 2.36. The van der Waals surface area contributed by atoms with Crippen LogP contribution in [0.1, 0.15) is 36.7 Å². The molecule has 1 aliphatic rings. The Kier molecular flexibility index (Phi) is 5.77. The first-order valence-corrected chi connectivity index (χ1v) is 10.7. The van der Waals surface area contributed by atoms with Crippen molar-refractivity contribution in [2.75, 3.05) is 10.6 Å². The van der Waals surface area contributed by atoms with E-state index in [2.05, 4.69) is 9.97 Å². The van der Waals surface area contributed by atoms with E-state index in [0.717, 1.165) is 11.6 Å². The van der Waals surface area contributed by atoms with Gasteiger partial charge in [0.05, 0.1) is 16.7 Å². The molecular formula is C20H20F3N5O3S. The molecule has 2 aromatic rings. The highest BCUT2D eigenvalue weighted by Crippen LogP contribution is 2.35. The molecule has 1 amide bonds. The number of rotatable bonds is 4. The average molecular weight is 467 g/mol. The number of nitrogen functional groups attached to an aromatic ring is 1. The minimum atomic E-state index is -4.79. The summed E-state index contributed by atoms with van der Waals surface area (Å²) in [6.07, 6.45) is 0.893. The van der Waals surface area contributed by atoms with Crippen LogP contribution >= 0.6 is 0 Å². The summed E-state index contributed by atoms with van der Waals surface area (Å²) in [4.78, 5) is 21.9. The molecule has 0 aromatic carbocycles. The summed E-state index contributed by atoms with van der Waals surface area (Å²) in [5.74, 6) is -1.54.